The number of carbonyl (C=O) groups is 3. The fourth-order valence-electron chi connectivity index (χ4n) is 3.26. The summed E-state index contributed by atoms with van der Waals surface area (Å²) in [6, 6.07) is 5.82. The average Bonchev–Trinajstić information content (AvgIpc) is 2.91. The molecule has 0 aliphatic carbocycles. The number of benzene rings is 1. The Morgan fingerprint density at radius 1 is 1.32 bits per heavy atom. The summed E-state index contributed by atoms with van der Waals surface area (Å²) >= 11 is 0. The highest BCUT2D eigenvalue weighted by molar-refractivity contribution is 6.03. The van der Waals surface area contributed by atoms with Crippen LogP contribution in [0.4, 0.5) is 9.18 Å². The number of urea groups is 1. The van der Waals surface area contributed by atoms with Gasteiger partial charge in [-0.2, -0.15) is 0 Å². The van der Waals surface area contributed by atoms with Crippen LogP contribution in [-0.2, 0) is 19.7 Å². The second-order valence-corrected chi connectivity index (χ2v) is 6.39. The normalized spacial score (nSPS) is 19.6. The van der Waals surface area contributed by atoms with Crippen molar-refractivity contribution in [3.63, 3.8) is 0 Å². The monoisotopic (exact) mass is 349 g/mol. The van der Waals surface area contributed by atoms with E-state index in [1.807, 2.05) is 6.07 Å². The molecule has 1 aromatic carbocycles. The second kappa shape index (κ2) is 7.18. The summed E-state index contributed by atoms with van der Waals surface area (Å²) in [5, 5.41) is 4.95. The van der Waals surface area contributed by atoms with Gasteiger partial charge in [0.25, 0.3) is 0 Å². The van der Waals surface area contributed by atoms with E-state index in [0.717, 1.165) is 10.5 Å². The number of rotatable bonds is 5. The van der Waals surface area contributed by atoms with Crippen LogP contribution in [0.3, 0.4) is 0 Å². The SMILES string of the molecule is O=C(CN1CC(=O)NC1=O)NCC1(c2cccc(F)c2)CCOCC1. The predicted octanol–water partition coefficient (Wildman–Crippen LogP) is 0.542. The van der Waals surface area contributed by atoms with Crippen molar-refractivity contribution < 1.29 is 23.5 Å². The molecule has 0 bridgehead atoms. The molecule has 2 N–H and O–H groups in total. The van der Waals surface area contributed by atoms with Crippen LogP contribution in [0, 0.1) is 5.82 Å². The zero-order valence-corrected chi connectivity index (χ0v) is 13.7. The molecule has 0 unspecified atom stereocenters. The highest BCUT2D eigenvalue weighted by atomic mass is 19.1. The Morgan fingerprint density at radius 2 is 2.08 bits per heavy atom. The first-order valence-corrected chi connectivity index (χ1v) is 8.18. The third kappa shape index (κ3) is 3.96. The Hall–Kier alpha value is -2.48. The van der Waals surface area contributed by atoms with E-state index in [1.165, 1.54) is 12.1 Å². The number of ether oxygens (including phenoxy) is 1. The molecule has 0 saturated carbocycles. The minimum absolute atomic E-state index is 0.116. The Bertz CT molecular complexity index is 688. The molecule has 2 heterocycles. The molecule has 134 valence electrons. The molecular formula is C17H20FN3O4. The molecule has 0 spiro atoms. The van der Waals surface area contributed by atoms with Crippen LogP contribution in [0.25, 0.3) is 0 Å². The standard InChI is InChI=1S/C17H20FN3O4/c18-13-3-1-2-12(8-13)17(4-6-25-7-5-17)11-19-14(22)9-21-10-15(23)20-16(21)24/h1-3,8H,4-7,9-11H2,(H,19,22)(H,20,23,24). The minimum Gasteiger partial charge on any atom is -0.381 e. The topological polar surface area (TPSA) is 87.7 Å². The number of amides is 4. The summed E-state index contributed by atoms with van der Waals surface area (Å²) in [4.78, 5) is 36.0. The van der Waals surface area contributed by atoms with Gasteiger partial charge in [0.15, 0.2) is 0 Å². The van der Waals surface area contributed by atoms with Gasteiger partial charge in [0.2, 0.25) is 11.8 Å². The smallest absolute Gasteiger partial charge is 0.325 e. The maximum absolute atomic E-state index is 13.6. The molecule has 2 saturated heterocycles. The molecule has 4 amide bonds. The maximum atomic E-state index is 13.6. The van der Waals surface area contributed by atoms with E-state index < -0.39 is 17.4 Å². The van der Waals surface area contributed by atoms with Gasteiger partial charge in [-0.3, -0.25) is 14.9 Å². The molecule has 0 atom stereocenters. The third-order valence-electron chi connectivity index (χ3n) is 4.71. The van der Waals surface area contributed by atoms with Crippen molar-refractivity contribution in [1.82, 2.24) is 15.5 Å². The van der Waals surface area contributed by atoms with Gasteiger partial charge in [0.1, 0.15) is 18.9 Å². The quantitative estimate of drug-likeness (QED) is 0.760. The average molecular weight is 349 g/mol. The fraction of sp³-hybridized carbons (Fsp3) is 0.471. The minimum atomic E-state index is -0.564. The maximum Gasteiger partial charge on any atom is 0.325 e. The lowest BCUT2D eigenvalue weighted by molar-refractivity contribution is -0.122. The van der Waals surface area contributed by atoms with Crippen LogP contribution in [0.1, 0.15) is 18.4 Å². The lowest BCUT2D eigenvalue weighted by Crippen LogP contribution is -2.47. The van der Waals surface area contributed by atoms with Crippen molar-refractivity contribution in [2.45, 2.75) is 18.3 Å². The molecule has 8 heteroatoms. The molecule has 2 aliphatic heterocycles. The van der Waals surface area contributed by atoms with Crippen molar-refractivity contribution in [2.75, 3.05) is 32.8 Å². The van der Waals surface area contributed by atoms with Crippen LogP contribution >= 0.6 is 0 Å². The van der Waals surface area contributed by atoms with Crippen molar-refractivity contribution in [3.8, 4) is 0 Å². The summed E-state index contributed by atoms with van der Waals surface area (Å²) in [5.74, 6) is -1.09. The third-order valence-corrected chi connectivity index (χ3v) is 4.71. The van der Waals surface area contributed by atoms with Crippen molar-refractivity contribution >= 4 is 17.8 Å². The van der Waals surface area contributed by atoms with Crippen LogP contribution in [0.15, 0.2) is 24.3 Å². The first-order chi connectivity index (χ1) is 12.0. The first kappa shape index (κ1) is 17.3. The summed E-state index contributed by atoms with van der Waals surface area (Å²) in [6.07, 6.45) is 1.33. The Morgan fingerprint density at radius 3 is 2.72 bits per heavy atom. The molecule has 7 nitrogen and oxygen atoms in total. The zero-order valence-electron chi connectivity index (χ0n) is 13.7. The Balaban J connectivity index is 1.66. The second-order valence-electron chi connectivity index (χ2n) is 6.39. The molecular weight excluding hydrogens is 329 g/mol. The highest BCUT2D eigenvalue weighted by Crippen LogP contribution is 2.34. The summed E-state index contributed by atoms with van der Waals surface area (Å²) in [5.41, 5.74) is 0.421. The summed E-state index contributed by atoms with van der Waals surface area (Å²) in [6.45, 7) is 1.09. The number of hydrogen-bond acceptors (Lipinski definition) is 4. The van der Waals surface area contributed by atoms with Gasteiger partial charge in [-0.25, -0.2) is 9.18 Å². The van der Waals surface area contributed by atoms with Gasteiger partial charge in [-0.1, -0.05) is 12.1 Å². The number of halogens is 1. The van der Waals surface area contributed by atoms with E-state index in [2.05, 4.69) is 10.6 Å². The van der Waals surface area contributed by atoms with E-state index >= 15 is 0 Å². The van der Waals surface area contributed by atoms with Gasteiger partial charge in [0, 0.05) is 25.2 Å². The van der Waals surface area contributed by atoms with Crippen molar-refractivity contribution in [3.05, 3.63) is 35.6 Å². The van der Waals surface area contributed by atoms with E-state index in [1.54, 1.807) is 6.07 Å². The van der Waals surface area contributed by atoms with Gasteiger partial charge in [-0.05, 0) is 30.5 Å². The fourth-order valence-corrected chi connectivity index (χ4v) is 3.26. The lowest BCUT2D eigenvalue weighted by Gasteiger charge is -2.38. The Labute approximate surface area is 144 Å². The molecule has 1 aromatic rings. The lowest BCUT2D eigenvalue weighted by atomic mass is 9.74. The molecule has 3 rings (SSSR count). The predicted molar refractivity (Wildman–Crippen MR) is 86.3 cm³/mol. The van der Waals surface area contributed by atoms with Crippen LogP contribution in [0.2, 0.25) is 0 Å². The first-order valence-electron chi connectivity index (χ1n) is 8.18. The van der Waals surface area contributed by atoms with Gasteiger partial charge in [0.05, 0.1) is 0 Å². The van der Waals surface area contributed by atoms with E-state index in [4.69, 9.17) is 4.74 Å². The largest absolute Gasteiger partial charge is 0.381 e. The summed E-state index contributed by atoms with van der Waals surface area (Å²) in [7, 11) is 0. The van der Waals surface area contributed by atoms with Crippen LogP contribution < -0.4 is 10.6 Å². The zero-order chi connectivity index (χ0) is 17.9. The van der Waals surface area contributed by atoms with E-state index in [0.29, 0.717) is 32.6 Å². The molecule has 2 aliphatic rings. The van der Waals surface area contributed by atoms with Crippen LogP contribution in [0.5, 0.6) is 0 Å². The number of imide groups is 1. The Kier molecular flexibility index (Phi) is 4.98. The van der Waals surface area contributed by atoms with Crippen LogP contribution in [-0.4, -0.2) is 55.6 Å². The van der Waals surface area contributed by atoms with Gasteiger partial charge in [-0.15, -0.1) is 0 Å². The number of nitrogens with one attached hydrogen (secondary N) is 2. The van der Waals surface area contributed by atoms with Gasteiger partial charge < -0.3 is 15.0 Å². The number of nitrogens with zero attached hydrogens (tertiary/aromatic N) is 1. The molecule has 0 radical (unpaired) electrons. The number of carbonyl (C=O) groups excluding carboxylic acids is 3. The van der Waals surface area contributed by atoms with Crippen molar-refractivity contribution in [1.29, 1.82) is 0 Å². The number of hydrogen-bond donors (Lipinski definition) is 2. The molecule has 0 aromatic heterocycles. The molecule has 25 heavy (non-hydrogen) atoms. The van der Waals surface area contributed by atoms with E-state index in [-0.39, 0.29) is 24.8 Å². The van der Waals surface area contributed by atoms with Crippen molar-refractivity contribution in [2.24, 2.45) is 0 Å². The highest BCUT2D eigenvalue weighted by Gasteiger charge is 2.35. The summed E-state index contributed by atoms with van der Waals surface area (Å²) < 4.78 is 19.1. The van der Waals surface area contributed by atoms with E-state index in [9.17, 15) is 18.8 Å². The molecule has 2 fully saturated rings. The van der Waals surface area contributed by atoms with Gasteiger partial charge >= 0.3 is 6.03 Å².